The van der Waals surface area contributed by atoms with Gasteiger partial charge in [0.1, 0.15) is 0 Å². The van der Waals surface area contributed by atoms with Gasteiger partial charge in [-0.1, -0.05) is 24.3 Å². The summed E-state index contributed by atoms with van der Waals surface area (Å²) in [6.45, 7) is 0.129. The first-order valence-corrected chi connectivity index (χ1v) is 9.47. The third kappa shape index (κ3) is 4.24. The molecule has 166 valence electrons. The van der Waals surface area contributed by atoms with Gasteiger partial charge in [-0.25, -0.2) is 19.9 Å². The Morgan fingerprint density at radius 3 is 2.69 bits per heavy atom. The Bertz CT molecular complexity index is 1200. The van der Waals surface area contributed by atoms with E-state index in [2.05, 4.69) is 25.3 Å². The minimum Gasteiger partial charge on any atom is -0.465 e. The number of rotatable bonds is 4. The van der Waals surface area contributed by atoms with Crippen molar-refractivity contribution in [3.63, 3.8) is 0 Å². The van der Waals surface area contributed by atoms with Gasteiger partial charge in [0.25, 0.3) is 11.8 Å². The lowest BCUT2D eigenvalue weighted by atomic mass is 9.90. The molecule has 3 heterocycles. The lowest BCUT2D eigenvalue weighted by Gasteiger charge is -2.27. The van der Waals surface area contributed by atoms with E-state index in [1.54, 1.807) is 31.2 Å². The standard InChI is InChI=1S/C20H18F3N7O2/c1-9-15-13(30-19(25)27-9)6-12(28-17(15)31)10-4-2-3-5-11(10)14-7-26-16(24)18(29-14)32-8-20(21,22)23/h2-5,7,12H,6,8H2,1H3,(H2,24,26)(H,28,31)(H2,25,27,30). The van der Waals surface area contributed by atoms with Crippen molar-refractivity contribution in [2.75, 3.05) is 18.1 Å². The SMILES string of the molecule is Cc1nc(N)nc2c1C(=O)NC(c1ccccc1-c1cnc(N)c(OCC(F)(F)F)n1)C2. The Labute approximate surface area is 180 Å². The predicted molar refractivity (Wildman–Crippen MR) is 109 cm³/mol. The normalized spacial score (nSPS) is 15.8. The summed E-state index contributed by atoms with van der Waals surface area (Å²) < 4.78 is 42.3. The fraction of sp³-hybridized carbons (Fsp3) is 0.250. The van der Waals surface area contributed by atoms with Gasteiger partial charge in [0.2, 0.25) is 5.95 Å². The number of nitrogens with zero attached hydrogens (tertiary/aromatic N) is 4. The number of alkyl halides is 3. The molecule has 1 aliphatic heterocycles. The van der Waals surface area contributed by atoms with E-state index >= 15 is 0 Å². The summed E-state index contributed by atoms with van der Waals surface area (Å²) in [7, 11) is 0. The molecule has 1 unspecified atom stereocenters. The number of hydrogen-bond acceptors (Lipinski definition) is 8. The molecule has 32 heavy (non-hydrogen) atoms. The molecule has 0 bridgehead atoms. The molecule has 4 rings (SSSR count). The van der Waals surface area contributed by atoms with Crippen LogP contribution in [0.2, 0.25) is 0 Å². The maximum Gasteiger partial charge on any atom is 0.422 e. The van der Waals surface area contributed by atoms with Gasteiger partial charge in [-0.05, 0) is 12.5 Å². The zero-order chi connectivity index (χ0) is 23.0. The maximum absolute atomic E-state index is 12.7. The molecule has 1 atom stereocenters. The first-order chi connectivity index (χ1) is 15.1. The van der Waals surface area contributed by atoms with Crippen molar-refractivity contribution in [1.29, 1.82) is 0 Å². The second kappa shape index (κ2) is 7.94. The van der Waals surface area contributed by atoms with E-state index < -0.39 is 24.7 Å². The first-order valence-electron chi connectivity index (χ1n) is 9.47. The molecule has 1 amide bonds. The molecule has 1 aromatic carbocycles. The van der Waals surface area contributed by atoms with Crippen molar-refractivity contribution in [2.24, 2.45) is 0 Å². The maximum atomic E-state index is 12.7. The van der Waals surface area contributed by atoms with Crippen LogP contribution in [0.5, 0.6) is 5.88 Å². The Hall–Kier alpha value is -3.96. The molecule has 0 radical (unpaired) electrons. The lowest BCUT2D eigenvalue weighted by molar-refractivity contribution is -0.154. The molecular formula is C20H18F3N7O2. The molecule has 2 aromatic heterocycles. The number of hydrogen-bond donors (Lipinski definition) is 3. The van der Waals surface area contributed by atoms with Crippen molar-refractivity contribution in [2.45, 2.75) is 25.6 Å². The number of carbonyl (C=O) groups excluding carboxylic acids is 1. The lowest BCUT2D eigenvalue weighted by Crippen LogP contribution is -2.37. The molecular weight excluding hydrogens is 427 g/mol. The highest BCUT2D eigenvalue weighted by molar-refractivity contribution is 5.98. The second-order valence-electron chi connectivity index (χ2n) is 7.16. The number of nitrogen functional groups attached to an aromatic ring is 2. The fourth-order valence-electron chi connectivity index (χ4n) is 3.56. The van der Waals surface area contributed by atoms with Crippen LogP contribution in [0, 0.1) is 6.92 Å². The number of amides is 1. The summed E-state index contributed by atoms with van der Waals surface area (Å²) in [6, 6.07) is 6.50. The van der Waals surface area contributed by atoms with Crippen LogP contribution in [-0.4, -0.2) is 38.6 Å². The molecule has 0 spiro atoms. The van der Waals surface area contributed by atoms with Gasteiger partial charge in [-0.3, -0.25) is 4.79 Å². The largest absolute Gasteiger partial charge is 0.465 e. The molecule has 9 nitrogen and oxygen atoms in total. The highest BCUT2D eigenvalue weighted by Crippen LogP contribution is 2.33. The van der Waals surface area contributed by atoms with Crippen LogP contribution in [0.15, 0.2) is 30.5 Å². The third-order valence-corrected chi connectivity index (χ3v) is 4.86. The van der Waals surface area contributed by atoms with Gasteiger partial charge < -0.3 is 21.5 Å². The summed E-state index contributed by atoms with van der Waals surface area (Å²) in [5.41, 5.74) is 14.2. The molecule has 0 saturated heterocycles. The van der Waals surface area contributed by atoms with Gasteiger partial charge in [0.05, 0.1) is 34.9 Å². The number of halogens is 3. The number of fused-ring (bicyclic) bond motifs is 1. The molecule has 0 fully saturated rings. The average molecular weight is 445 g/mol. The Kier molecular flexibility index (Phi) is 5.28. The summed E-state index contributed by atoms with van der Waals surface area (Å²) in [6.07, 6.45) is -2.88. The first kappa shape index (κ1) is 21.3. The van der Waals surface area contributed by atoms with E-state index in [-0.39, 0.29) is 23.4 Å². The molecule has 5 N–H and O–H groups in total. The van der Waals surface area contributed by atoms with Crippen LogP contribution in [-0.2, 0) is 6.42 Å². The second-order valence-corrected chi connectivity index (χ2v) is 7.16. The van der Waals surface area contributed by atoms with Crippen molar-refractivity contribution >= 4 is 17.7 Å². The van der Waals surface area contributed by atoms with Crippen LogP contribution < -0.4 is 21.5 Å². The van der Waals surface area contributed by atoms with Crippen molar-refractivity contribution < 1.29 is 22.7 Å². The van der Waals surface area contributed by atoms with Gasteiger partial charge in [-0.2, -0.15) is 13.2 Å². The quantitative estimate of drug-likeness (QED) is 0.556. The monoisotopic (exact) mass is 445 g/mol. The number of aromatic nitrogens is 4. The average Bonchev–Trinajstić information content (AvgIpc) is 2.71. The number of nitrogens with two attached hydrogens (primary N) is 2. The number of benzene rings is 1. The summed E-state index contributed by atoms with van der Waals surface area (Å²) in [5, 5.41) is 2.92. The van der Waals surface area contributed by atoms with Crippen LogP contribution in [0.25, 0.3) is 11.3 Å². The molecule has 0 saturated carbocycles. The van der Waals surface area contributed by atoms with E-state index in [0.29, 0.717) is 34.5 Å². The van der Waals surface area contributed by atoms with E-state index in [1.165, 1.54) is 6.20 Å². The van der Waals surface area contributed by atoms with Crippen molar-refractivity contribution in [3.05, 3.63) is 53.0 Å². The van der Waals surface area contributed by atoms with Gasteiger partial charge in [0, 0.05) is 12.0 Å². The topological polar surface area (TPSA) is 142 Å². The van der Waals surface area contributed by atoms with Crippen LogP contribution in [0.1, 0.15) is 33.4 Å². The number of nitrogens with one attached hydrogen (secondary N) is 1. The van der Waals surface area contributed by atoms with E-state index in [4.69, 9.17) is 16.2 Å². The summed E-state index contributed by atoms with van der Waals surface area (Å²) in [5.74, 6) is -0.971. The van der Waals surface area contributed by atoms with Crippen LogP contribution in [0.3, 0.4) is 0 Å². The zero-order valence-electron chi connectivity index (χ0n) is 16.8. The minimum absolute atomic E-state index is 0.0684. The molecule has 12 heteroatoms. The van der Waals surface area contributed by atoms with E-state index in [9.17, 15) is 18.0 Å². The van der Waals surface area contributed by atoms with E-state index in [0.717, 1.165) is 0 Å². The van der Waals surface area contributed by atoms with Crippen LogP contribution in [0.4, 0.5) is 24.9 Å². The zero-order valence-corrected chi connectivity index (χ0v) is 16.8. The third-order valence-electron chi connectivity index (χ3n) is 4.86. The Morgan fingerprint density at radius 2 is 1.94 bits per heavy atom. The Morgan fingerprint density at radius 1 is 1.19 bits per heavy atom. The van der Waals surface area contributed by atoms with Crippen molar-refractivity contribution in [3.8, 4) is 17.1 Å². The summed E-state index contributed by atoms with van der Waals surface area (Å²) in [4.78, 5) is 29.0. The van der Waals surface area contributed by atoms with Crippen LogP contribution >= 0.6 is 0 Å². The van der Waals surface area contributed by atoms with E-state index in [1.807, 2.05) is 0 Å². The number of carbonyl (C=O) groups is 1. The number of anilines is 2. The van der Waals surface area contributed by atoms with Crippen molar-refractivity contribution in [1.82, 2.24) is 25.3 Å². The van der Waals surface area contributed by atoms with Gasteiger partial charge in [0.15, 0.2) is 12.4 Å². The number of ether oxygens (including phenoxy) is 1. The predicted octanol–water partition coefficient (Wildman–Crippen LogP) is 2.37. The summed E-state index contributed by atoms with van der Waals surface area (Å²) >= 11 is 0. The fourth-order valence-corrected chi connectivity index (χ4v) is 3.56. The molecule has 1 aliphatic rings. The molecule has 0 aliphatic carbocycles. The highest BCUT2D eigenvalue weighted by Gasteiger charge is 2.31. The van der Waals surface area contributed by atoms with Gasteiger partial charge >= 0.3 is 6.18 Å². The highest BCUT2D eigenvalue weighted by atomic mass is 19.4. The number of aryl methyl sites for hydroxylation is 1. The molecule has 3 aromatic rings. The Balaban J connectivity index is 1.71. The van der Waals surface area contributed by atoms with Gasteiger partial charge in [-0.15, -0.1) is 0 Å². The smallest absolute Gasteiger partial charge is 0.422 e. The minimum atomic E-state index is -4.55.